The Bertz CT molecular complexity index is 980. The van der Waals surface area contributed by atoms with Crippen molar-refractivity contribution in [3.8, 4) is 0 Å². The van der Waals surface area contributed by atoms with Crippen molar-refractivity contribution in [3.63, 3.8) is 0 Å². The van der Waals surface area contributed by atoms with Crippen LogP contribution in [0.1, 0.15) is 26.5 Å². The van der Waals surface area contributed by atoms with Crippen LogP contribution in [0.25, 0.3) is 0 Å². The number of aromatic nitrogens is 1. The van der Waals surface area contributed by atoms with Gasteiger partial charge in [0.1, 0.15) is 4.88 Å². The summed E-state index contributed by atoms with van der Waals surface area (Å²) >= 11 is 1.14. The molecule has 6 nitrogen and oxygen atoms in total. The van der Waals surface area contributed by atoms with E-state index in [0.29, 0.717) is 27.1 Å². The van der Waals surface area contributed by atoms with Crippen LogP contribution in [0.3, 0.4) is 0 Å². The number of benzene rings is 2. The second-order valence-electron chi connectivity index (χ2n) is 6.20. The Balaban J connectivity index is 1.65. The summed E-state index contributed by atoms with van der Waals surface area (Å²) in [6.45, 7) is 5.68. The summed E-state index contributed by atoms with van der Waals surface area (Å²) in [4.78, 5) is 29.4. The fraction of sp³-hybridized carbons (Fsp3) is 0.150. The molecule has 3 N–H and O–H groups in total. The number of nitrogens with one attached hydrogen (secondary N) is 3. The standard InChI is InChI=1S/C20H20N4O2S/c1-12-7-9-15(10-8-12)22-18(25)17-14(3)21-20(27-17)24-19(26)23-16-6-4-5-13(2)11-16/h4-11H,1-3H3,(H,22,25)(H2,21,23,24,26). The van der Waals surface area contributed by atoms with Crippen LogP contribution in [0.15, 0.2) is 48.5 Å². The number of anilines is 3. The summed E-state index contributed by atoms with van der Waals surface area (Å²) in [6, 6.07) is 14.6. The zero-order chi connectivity index (χ0) is 19.4. The lowest BCUT2D eigenvalue weighted by molar-refractivity contribution is 0.103. The molecule has 1 heterocycles. The number of aryl methyl sites for hydroxylation is 3. The molecule has 0 aliphatic heterocycles. The molecule has 0 atom stereocenters. The Kier molecular flexibility index (Phi) is 5.52. The van der Waals surface area contributed by atoms with E-state index in [4.69, 9.17) is 0 Å². The smallest absolute Gasteiger partial charge is 0.321 e. The first kappa shape index (κ1) is 18.6. The van der Waals surface area contributed by atoms with Crippen molar-refractivity contribution < 1.29 is 9.59 Å². The molecule has 1 aromatic heterocycles. The zero-order valence-electron chi connectivity index (χ0n) is 15.3. The minimum atomic E-state index is -0.403. The molecule has 2 aromatic carbocycles. The summed E-state index contributed by atoms with van der Waals surface area (Å²) in [7, 11) is 0. The van der Waals surface area contributed by atoms with E-state index < -0.39 is 6.03 Å². The fourth-order valence-electron chi connectivity index (χ4n) is 2.47. The van der Waals surface area contributed by atoms with Gasteiger partial charge in [0, 0.05) is 11.4 Å². The van der Waals surface area contributed by atoms with E-state index in [-0.39, 0.29) is 5.91 Å². The van der Waals surface area contributed by atoms with E-state index in [9.17, 15) is 9.59 Å². The second-order valence-corrected chi connectivity index (χ2v) is 7.20. The summed E-state index contributed by atoms with van der Waals surface area (Å²) in [6.07, 6.45) is 0. The van der Waals surface area contributed by atoms with Gasteiger partial charge in [0.2, 0.25) is 0 Å². The van der Waals surface area contributed by atoms with E-state index in [1.54, 1.807) is 13.0 Å². The molecule has 0 fully saturated rings. The van der Waals surface area contributed by atoms with Crippen LogP contribution in [-0.2, 0) is 0 Å². The van der Waals surface area contributed by atoms with E-state index in [1.807, 2.05) is 56.3 Å². The lowest BCUT2D eigenvalue weighted by Crippen LogP contribution is -2.19. The van der Waals surface area contributed by atoms with Gasteiger partial charge in [-0.15, -0.1) is 0 Å². The third kappa shape index (κ3) is 4.92. The van der Waals surface area contributed by atoms with E-state index in [1.165, 1.54) is 0 Å². The number of hydrogen-bond donors (Lipinski definition) is 3. The van der Waals surface area contributed by atoms with Crippen molar-refractivity contribution in [1.29, 1.82) is 0 Å². The zero-order valence-corrected chi connectivity index (χ0v) is 16.1. The van der Waals surface area contributed by atoms with Crippen molar-refractivity contribution in [2.45, 2.75) is 20.8 Å². The summed E-state index contributed by atoms with van der Waals surface area (Å²) < 4.78 is 0. The number of urea groups is 1. The summed E-state index contributed by atoms with van der Waals surface area (Å²) in [5, 5.41) is 8.63. The van der Waals surface area contributed by atoms with Crippen LogP contribution in [-0.4, -0.2) is 16.9 Å². The van der Waals surface area contributed by atoms with Gasteiger partial charge in [-0.2, -0.15) is 0 Å². The second kappa shape index (κ2) is 8.01. The largest absolute Gasteiger partial charge is 0.325 e. The molecule has 0 aliphatic carbocycles. The lowest BCUT2D eigenvalue weighted by atomic mass is 10.2. The number of carbonyl (C=O) groups excluding carboxylic acids is 2. The molecule has 3 rings (SSSR count). The van der Waals surface area contributed by atoms with Crippen LogP contribution in [0.2, 0.25) is 0 Å². The maximum atomic E-state index is 12.5. The lowest BCUT2D eigenvalue weighted by Gasteiger charge is -2.06. The first-order valence-corrected chi connectivity index (χ1v) is 9.22. The first-order valence-electron chi connectivity index (χ1n) is 8.41. The number of rotatable bonds is 4. The van der Waals surface area contributed by atoms with Crippen LogP contribution < -0.4 is 16.0 Å². The Labute approximate surface area is 161 Å². The van der Waals surface area contributed by atoms with Gasteiger partial charge in [-0.25, -0.2) is 9.78 Å². The van der Waals surface area contributed by atoms with Gasteiger partial charge in [0.25, 0.3) is 5.91 Å². The topological polar surface area (TPSA) is 83.1 Å². The van der Waals surface area contributed by atoms with Crippen LogP contribution in [0, 0.1) is 20.8 Å². The average molecular weight is 380 g/mol. The Morgan fingerprint density at radius 2 is 1.59 bits per heavy atom. The molecule has 0 aliphatic rings. The first-order chi connectivity index (χ1) is 12.9. The van der Waals surface area contributed by atoms with Gasteiger partial charge >= 0.3 is 6.03 Å². The Hall–Kier alpha value is -3.19. The molecule has 0 radical (unpaired) electrons. The third-order valence-electron chi connectivity index (χ3n) is 3.81. The van der Waals surface area contributed by atoms with Crippen molar-refractivity contribution in [1.82, 2.24) is 4.98 Å². The SMILES string of the molecule is Cc1ccc(NC(=O)c2sc(NC(=O)Nc3cccc(C)c3)nc2C)cc1. The highest BCUT2D eigenvalue weighted by molar-refractivity contribution is 7.17. The molecule has 3 aromatic rings. The molecule has 138 valence electrons. The maximum Gasteiger partial charge on any atom is 0.325 e. The summed E-state index contributed by atoms with van der Waals surface area (Å²) in [5.74, 6) is -0.249. The van der Waals surface area contributed by atoms with Gasteiger partial charge in [-0.3, -0.25) is 10.1 Å². The van der Waals surface area contributed by atoms with E-state index in [0.717, 1.165) is 22.5 Å². The van der Waals surface area contributed by atoms with E-state index >= 15 is 0 Å². The molecule has 0 saturated heterocycles. The Morgan fingerprint density at radius 1 is 0.852 bits per heavy atom. The van der Waals surface area contributed by atoms with Crippen LogP contribution in [0.4, 0.5) is 21.3 Å². The highest BCUT2D eigenvalue weighted by Gasteiger charge is 2.17. The molecular formula is C20H20N4O2S. The van der Waals surface area contributed by atoms with Crippen molar-refractivity contribution in [2.75, 3.05) is 16.0 Å². The van der Waals surface area contributed by atoms with Crippen molar-refractivity contribution in [2.24, 2.45) is 0 Å². The highest BCUT2D eigenvalue weighted by atomic mass is 32.1. The third-order valence-corrected chi connectivity index (χ3v) is 4.88. The predicted molar refractivity (Wildman–Crippen MR) is 110 cm³/mol. The quantitative estimate of drug-likeness (QED) is 0.598. The monoisotopic (exact) mass is 380 g/mol. The minimum Gasteiger partial charge on any atom is -0.321 e. The van der Waals surface area contributed by atoms with Crippen molar-refractivity contribution in [3.05, 3.63) is 70.2 Å². The Morgan fingerprint density at radius 3 is 2.30 bits per heavy atom. The van der Waals surface area contributed by atoms with Gasteiger partial charge in [0.15, 0.2) is 5.13 Å². The number of hydrogen-bond acceptors (Lipinski definition) is 4. The van der Waals surface area contributed by atoms with Crippen LogP contribution in [0.5, 0.6) is 0 Å². The van der Waals surface area contributed by atoms with Crippen molar-refractivity contribution >= 4 is 39.8 Å². The normalized spacial score (nSPS) is 10.3. The van der Waals surface area contributed by atoms with Gasteiger partial charge in [-0.1, -0.05) is 41.2 Å². The summed E-state index contributed by atoms with van der Waals surface area (Å²) in [5.41, 5.74) is 4.14. The molecule has 27 heavy (non-hydrogen) atoms. The predicted octanol–water partition coefficient (Wildman–Crippen LogP) is 4.96. The van der Waals surface area contributed by atoms with Gasteiger partial charge < -0.3 is 10.6 Å². The number of amides is 3. The average Bonchev–Trinajstić information content (AvgIpc) is 2.97. The number of thiazole rings is 1. The number of carbonyl (C=O) groups is 2. The number of nitrogens with zero attached hydrogens (tertiary/aromatic N) is 1. The fourth-order valence-corrected chi connectivity index (χ4v) is 3.32. The maximum absolute atomic E-state index is 12.5. The van der Waals surface area contributed by atoms with Crippen LogP contribution >= 0.6 is 11.3 Å². The molecule has 0 unspecified atom stereocenters. The molecule has 0 bridgehead atoms. The minimum absolute atomic E-state index is 0.249. The highest BCUT2D eigenvalue weighted by Crippen LogP contribution is 2.24. The molecule has 7 heteroatoms. The van der Waals surface area contributed by atoms with E-state index in [2.05, 4.69) is 20.9 Å². The van der Waals surface area contributed by atoms with Gasteiger partial charge in [0.05, 0.1) is 5.69 Å². The molecule has 0 spiro atoms. The molecule has 0 saturated carbocycles. The molecular weight excluding hydrogens is 360 g/mol. The van der Waals surface area contributed by atoms with Gasteiger partial charge in [-0.05, 0) is 50.6 Å². The molecule has 3 amide bonds.